The highest BCUT2D eigenvalue weighted by Gasteiger charge is 2.18. The van der Waals surface area contributed by atoms with Crippen LogP contribution in [0.2, 0.25) is 5.02 Å². The summed E-state index contributed by atoms with van der Waals surface area (Å²) in [5, 5.41) is 3.06. The molecule has 0 aliphatic rings. The molecule has 2 aromatic rings. The van der Waals surface area contributed by atoms with Crippen molar-refractivity contribution in [3.05, 3.63) is 44.9 Å². The van der Waals surface area contributed by atoms with Gasteiger partial charge in [-0.25, -0.2) is 9.78 Å². The van der Waals surface area contributed by atoms with Crippen molar-refractivity contribution < 1.29 is 9.53 Å². The number of esters is 1. The Labute approximate surface area is 132 Å². The second-order valence-corrected chi connectivity index (χ2v) is 7.04. The molecule has 0 unspecified atom stereocenters. The van der Waals surface area contributed by atoms with Gasteiger partial charge in [0, 0.05) is 16.5 Å². The standard InChI is InChI=1S/C15H17ClN2O2S/c1-15(2,3)12-8-21-13(18-12)7-20-14(19)10-6-9(17)4-5-11(10)16/h4-6,8H,7,17H2,1-3H3. The van der Waals surface area contributed by atoms with E-state index in [1.54, 1.807) is 12.1 Å². The number of carbonyl (C=O) groups excluding carboxylic acids is 1. The Bertz CT molecular complexity index is 662. The molecule has 0 atom stereocenters. The maximum Gasteiger partial charge on any atom is 0.340 e. The van der Waals surface area contributed by atoms with Crippen LogP contribution in [-0.4, -0.2) is 11.0 Å². The quantitative estimate of drug-likeness (QED) is 0.683. The van der Waals surface area contributed by atoms with Crippen molar-refractivity contribution in [3.8, 4) is 0 Å². The Morgan fingerprint density at radius 2 is 2.14 bits per heavy atom. The van der Waals surface area contributed by atoms with Gasteiger partial charge in [-0.1, -0.05) is 32.4 Å². The average molecular weight is 325 g/mol. The Morgan fingerprint density at radius 1 is 1.43 bits per heavy atom. The molecule has 0 spiro atoms. The Kier molecular flexibility index (Phi) is 4.54. The zero-order valence-electron chi connectivity index (χ0n) is 12.1. The molecule has 1 aromatic carbocycles. The molecule has 0 amide bonds. The van der Waals surface area contributed by atoms with E-state index < -0.39 is 5.97 Å². The highest BCUT2D eigenvalue weighted by Crippen LogP contribution is 2.25. The van der Waals surface area contributed by atoms with E-state index in [9.17, 15) is 4.79 Å². The van der Waals surface area contributed by atoms with Crippen LogP contribution in [0.4, 0.5) is 5.69 Å². The number of rotatable bonds is 3. The number of thiazole rings is 1. The third-order valence-electron chi connectivity index (χ3n) is 2.86. The lowest BCUT2D eigenvalue weighted by molar-refractivity contribution is 0.0472. The predicted molar refractivity (Wildman–Crippen MR) is 85.8 cm³/mol. The Balaban J connectivity index is 2.04. The summed E-state index contributed by atoms with van der Waals surface area (Å²) in [5.41, 5.74) is 7.35. The van der Waals surface area contributed by atoms with Crippen molar-refractivity contribution in [3.63, 3.8) is 0 Å². The monoisotopic (exact) mass is 324 g/mol. The number of nitrogens with two attached hydrogens (primary N) is 1. The van der Waals surface area contributed by atoms with Crippen LogP contribution < -0.4 is 5.73 Å². The lowest BCUT2D eigenvalue weighted by Crippen LogP contribution is -2.12. The fraction of sp³-hybridized carbons (Fsp3) is 0.333. The fourth-order valence-corrected chi connectivity index (χ4v) is 2.75. The Hall–Kier alpha value is -1.59. The van der Waals surface area contributed by atoms with Gasteiger partial charge in [-0.2, -0.15) is 0 Å². The molecule has 4 nitrogen and oxygen atoms in total. The first kappa shape index (κ1) is 15.8. The normalized spacial score (nSPS) is 11.4. The molecular formula is C15H17ClN2O2S. The van der Waals surface area contributed by atoms with E-state index in [-0.39, 0.29) is 17.6 Å². The molecule has 6 heteroatoms. The smallest absolute Gasteiger partial charge is 0.340 e. The molecule has 21 heavy (non-hydrogen) atoms. The minimum absolute atomic E-state index is 0.0179. The van der Waals surface area contributed by atoms with Gasteiger partial charge >= 0.3 is 5.97 Å². The topological polar surface area (TPSA) is 65.2 Å². The maximum atomic E-state index is 12.0. The van der Waals surface area contributed by atoms with Crippen LogP contribution in [0.1, 0.15) is 41.8 Å². The minimum Gasteiger partial charge on any atom is -0.455 e. The number of anilines is 1. The average Bonchev–Trinajstić information content (AvgIpc) is 2.87. The largest absolute Gasteiger partial charge is 0.455 e. The minimum atomic E-state index is -0.500. The molecule has 1 heterocycles. The summed E-state index contributed by atoms with van der Waals surface area (Å²) >= 11 is 7.44. The molecule has 0 bridgehead atoms. The number of aromatic nitrogens is 1. The van der Waals surface area contributed by atoms with Crippen LogP contribution in [0.25, 0.3) is 0 Å². The van der Waals surface area contributed by atoms with Crippen molar-refractivity contribution in [1.82, 2.24) is 4.98 Å². The van der Waals surface area contributed by atoms with E-state index in [0.717, 1.165) is 10.7 Å². The number of nitrogens with zero attached hydrogens (tertiary/aromatic N) is 1. The second-order valence-electron chi connectivity index (χ2n) is 5.69. The summed E-state index contributed by atoms with van der Waals surface area (Å²) in [6.07, 6.45) is 0. The van der Waals surface area contributed by atoms with Crippen molar-refractivity contribution >= 4 is 34.6 Å². The Morgan fingerprint density at radius 3 is 2.76 bits per heavy atom. The van der Waals surface area contributed by atoms with E-state index in [0.29, 0.717) is 10.7 Å². The van der Waals surface area contributed by atoms with Gasteiger partial charge in [0.2, 0.25) is 0 Å². The van der Waals surface area contributed by atoms with Gasteiger partial charge in [0.05, 0.1) is 16.3 Å². The van der Waals surface area contributed by atoms with Crippen molar-refractivity contribution in [2.24, 2.45) is 0 Å². The first-order valence-corrected chi connectivity index (χ1v) is 7.70. The lowest BCUT2D eigenvalue weighted by Gasteiger charge is -2.14. The molecule has 112 valence electrons. The van der Waals surface area contributed by atoms with Crippen LogP contribution in [0.5, 0.6) is 0 Å². The number of nitrogen functional groups attached to an aromatic ring is 1. The van der Waals surface area contributed by atoms with Gasteiger partial charge in [-0.15, -0.1) is 11.3 Å². The van der Waals surface area contributed by atoms with Crippen molar-refractivity contribution in [1.29, 1.82) is 0 Å². The van der Waals surface area contributed by atoms with Gasteiger partial charge in [-0.05, 0) is 18.2 Å². The highest BCUT2D eigenvalue weighted by atomic mass is 35.5. The number of benzene rings is 1. The molecule has 2 N–H and O–H groups in total. The van der Waals surface area contributed by atoms with Crippen molar-refractivity contribution in [2.45, 2.75) is 32.8 Å². The summed E-state index contributed by atoms with van der Waals surface area (Å²) < 4.78 is 5.24. The molecular weight excluding hydrogens is 308 g/mol. The van der Waals surface area contributed by atoms with E-state index in [1.807, 2.05) is 5.38 Å². The molecule has 2 rings (SSSR count). The van der Waals surface area contributed by atoms with Crippen LogP contribution in [0, 0.1) is 0 Å². The molecule has 0 fully saturated rings. The summed E-state index contributed by atoms with van der Waals surface area (Å²) in [7, 11) is 0. The number of carbonyl (C=O) groups is 1. The summed E-state index contributed by atoms with van der Waals surface area (Å²) in [6.45, 7) is 6.39. The number of ether oxygens (including phenoxy) is 1. The number of hydrogen-bond acceptors (Lipinski definition) is 5. The first-order chi connectivity index (χ1) is 9.77. The van der Waals surface area contributed by atoms with Gasteiger partial charge < -0.3 is 10.5 Å². The molecule has 1 aromatic heterocycles. The van der Waals surface area contributed by atoms with Crippen LogP contribution in [-0.2, 0) is 16.8 Å². The van der Waals surface area contributed by atoms with E-state index in [2.05, 4.69) is 25.8 Å². The number of halogens is 1. The lowest BCUT2D eigenvalue weighted by atomic mass is 9.93. The molecule has 0 aliphatic carbocycles. The number of hydrogen-bond donors (Lipinski definition) is 1. The second kappa shape index (κ2) is 6.03. The predicted octanol–water partition coefficient (Wildman–Crippen LogP) is 4.03. The SMILES string of the molecule is CC(C)(C)c1csc(COC(=O)c2cc(N)ccc2Cl)n1. The molecule has 0 radical (unpaired) electrons. The van der Waals surface area contributed by atoms with Crippen LogP contribution >= 0.6 is 22.9 Å². The summed E-state index contributed by atoms with van der Waals surface area (Å²) in [6, 6.07) is 4.72. The van der Waals surface area contributed by atoms with Crippen LogP contribution in [0.15, 0.2) is 23.6 Å². The zero-order valence-corrected chi connectivity index (χ0v) is 13.7. The van der Waals surface area contributed by atoms with Crippen molar-refractivity contribution in [2.75, 3.05) is 5.73 Å². The first-order valence-electron chi connectivity index (χ1n) is 6.44. The van der Waals surface area contributed by atoms with Gasteiger partial charge in [0.15, 0.2) is 0 Å². The zero-order chi connectivity index (χ0) is 15.6. The summed E-state index contributed by atoms with van der Waals surface area (Å²) in [4.78, 5) is 16.5. The third-order valence-corrected chi connectivity index (χ3v) is 4.01. The van der Waals surface area contributed by atoms with E-state index >= 15 is 0 Å². The van der Waals surface area contributed by atoms with Crippen LogP contribution in [0.3, 0.4) is 0 Å². The summed E-state index contributed by atoms with van der Waals surface area (Å²) in [5.74, 6) is -0.500. The van der Waals surface area contributed by atoms with E-state index in [1.165, 1.54) is 17.4 Å². The molecule has 0 aliphatic heterocycles. The highest BCUT2D eigenvalue weighted by molar-refractivity contribution is 7.09. The van der Waals surface area contributed by atoms with Gasteiger partial charge in [0.25, 0.3) is 0 Å². The molecule has 0 saturated carbocycles. The van der Waals surface area contributed by atoms with E-state index in [4.69, 9.17) is 22.1 Å². The third kappa shape index (κ3) is 3.95. The van der Waals surface area contributed by atoms with Gasteiger partial charge in [0.1, 0.15) is 11.6 Å². The fourth-order valence-electron chi connectivity index (χ4n) is 1.63. The van der Waals surface area contributed by atoms with Gasteiger partial charge in [-0.3, -0.25) is 0 Å². The maximum absolute atomic E-state index is 12.0. The molecule has 0 saturated heterocycles.